The molecule has 2 N–H and O–H groups in total. The van der Waals surface area contributed by atoms with E-state index in [9.17, 15) is 14.0 Å². The normalized spacial score (nSPS) is 10.6. The maximum atomic E-state index is 13.7. The van der Waals surface area contributed by atoms with Crippen LogP contribution in [0.25, 0.3) is 0 Å². The van der Waals surface area contributed by atoms with Crippen molar-refractivity contribution >= 4 is 35.3 Å². The Balaban J connectivity index is 1.53. The number of halogens is 2. The van der Waals surface area contributed by atoms with Gasteiger partial charge in [0.15, 0.2) is 0 Å². The molecule has 0 aromatic heterocycles. The smallest absolute Gasteiger partial charge is 0.329 e. The van der Waals surface area contributed by atoms with Crippen LogP contribution < -0.4 is 15.5 Å². The first-order valence-corrected chi connectivity index (χ1v) is 9.25. The number of ether oxygens (including phenoxy) is 1. The number of benzene rings is 3. The predicted octanol–water partition coefficient (Wildman–Crippen LogP) is 4.15. The van der Waals surface area contributed by atoms with Crippen molar-refractivity contribution in [3.63, 3.8) is 0 Å². The van der Waals surface area contributed by atoms with E-state index in [-0.39, 0.29) is 12.4 Å². The van der Waals surface area contributed by atoms with Crippen LogP contribution in [0.2, 0.25) is 5.02 Å². The van der Waals surface area contributed by atoms with Gasteiger partial charge in [0.1, 0.15) is 18.2 Å². The van der Waals surface area contributed by atoms with Crippen molar-refractivity contribution in [1.82, 2.24) is 5.43 Å². The first kappa shape index (κ1) is 21.0. The number of hydrogen-bond acceptors (Lipinski definition) is 4. The van der Waals surface area contributed by atoms with E-state index in [2.05, 4.69) is 15.8 Å². The van der Waals surface area contributed by atoms with Crippen LogP contribution >= 0.6 is 11.6 Å². The van der Waals surface area contributed by atoms with E-state index in [0.717, 1.165) is 0 Å². The van der Waals surface area contributed by atoms with Gasteiger partial charge in [-0.1, -0.05) is 48.0 Å². The summed E-state index contributed by atoms with van der Waals surface area (Å²) in [6.07, 6.45) is 1.36. The molecule has 8 heteroatoms. The van der Waals surface area contributed by atoms with Crippen molar-refractivity contribution in [3.05, 3.63) is 94.8 Å². The molecule has 3 rings (SSSR count). The Morgan fingerprint density at radius 3 is 2.60 bits per heavy atom. The average molecular weight is 426 g/mol. The average Bonchev–Trinajstić information content (AvgIpc) is 2.73. The van der Waals surface area contributed by atoms with Gasteiger partial charge in [-0.25, -0.2) is 9.82 Å². The van der Waals surface area contributed by atoms with Gasteiger partial charge in [-0.2, -0.15) is 5.10 Å². The van der Waals surface area contributed by atoms with Gasteiger partial charge in [0.05, 0.1) is 6.21 Å². The van der Waals surface area contributed by atoms with Crippen molar-refractivity contribution in [2.75, 3.05) is 5.32 Å². The highest BCUT2D eigenvalue weighted by Crippen LogP contribution is 2.16. The molecule has 152 valence electrons. The van der Waals surface area contributed by atoms with Gasteiger partial charge in [0.2, 0.25) is 0 Å². The summed E-state index contributed by atoms with van der Waals surface area (Å²) in [4.78, 5) is 23.7. The van der Waals surface area contributed by atoms with E-state index >= 15 is 0 Å². The summed E-state index contributed by atoms with van der Waals surface area (Å²) in [5, 5.41) is 6.62. The zero-order chi connectivity index (χ0) is 21.3. The lowest BCUT2D eigenvalue weighted by atomic mass is 10.2. The van der Waals surface area contributed by atoms with Gasteiger partial charge in [-0.15, -0.1) is 0 Å². The van der Waals surface area contributed by atoms with Crippen LogP contribution in [0.3, 0.4) is 0 Å². The van der Waals surface area contributed by atoms with Crippen molar-refractivity contribution in [1.29, 1.82) is 0 Å². The van der Waals surface area contributed by atoms with Gasteiger partial charge in [0, 0.05) is 16.3 Å². The van der Waals surface area contributed by atoms with Gasteiger partial charge >= 0.3 is 11.8 Å². The van der Waals surface area contributed by atoms with E-state index in [1.165, 1.54) is 18.3 Å². The third-order valence-corrected chi connectivity index (χ3v) is 4.11. The number of carbonyl (C=O) groups excluding carboxylic acids is 2. The molecule has 0 bridgehead atoms. The molecular weight excluding hydrogens is 409 g/mol. The van der Waals surface area contributed by atoms with E-state index in [1.807, 2.05) is 0 Å². The highest BCUT2D eigenvalue weighted by Gasteiger charge is 2.12. The largest absolute Gasteiger partial charge is 0.489 e. The zero-order valence-electron chi connectivity index (χ0n) is 15.6. The molecule has 30 heavy (non-hydrogen) atoms. The second kappa shape index (κ2) is 10.2. The molecule has 2 amide bonds. The molecule has 0 atom stereocenters. The monoisotopic (exact) mass is 425 g/mol. The number of rotatable bonds is 6. The van der Waals surface area contributed by atoms with Gasteiger partial charge < -0.3 is 10.1 Å². The highest BCUT2D eigenvalue weighted by molar-refractivity contribution is 6.39. The fourth-order valence-electron chi connectivity index (χ4n) is 2.43. The predicted molar refractivity (Wildman–Crippen MR) is 113 cm³/mol. The molecule has 0 radical (unpaired) electrons. The van der Waals surface area contributed by atoms with Crippen LogP contribution in [0.15, 0.2) is 77.9 Å². The number of amides is 2. The number of hydrazone groups is 1. The Morgan fingerprint density at radius 2 is 1.80 bits per heavy atom. The summed E-state index contributed by atoms with van der Waals surface area (Å²) < 4.78 is 19.2. The second-order valence-electron chi connectivity index (χ2n) is 6.12. The molecule has 0 aliphatic heterocycles. The lowest BCUT2D eigenvalue weighted by Gasteiger charge is -2.07. The van der Waals surface area contributed by atoms with E-state index in [1.54, 1.807) is 60.7 Å². The van der Waals surface area contributed by atoms with Crippen molar-refractivity contribution in [2.24, 2.45) is 5.10 Å². The quantitative estimate of drug-likeness (QED) is 0.354. The number of carbonyl (C=O) groups is 2. The second-order valence-corrected chi connectivity index (χ2v) is 6.55. The maximum absolute atomic E-state index is 13.7. The van der Waals surface area contributed by atoms with Gasteiger partial charge in [0.25, 0.3) is 0 Å². The minimum absolute atomic E-state index is 0.0771. The zero-order valence-corrected chi connectivity index (χ0v) is 16.4. The topological polar surface area (TPSA) is 79.8 Å². The molecule has 0 aliphatic carbocycles. The van der Waals surface area contributed by atoms with Crippen molar-refractivity contribution in [2.45, 2.75) is 6.61 Å². The first-order chi connectivity index (χ1) is 14.5. The third-order valence-electron chi connectivity index (χ3n) is 3.88. The molecule has 3 aromatic rings. The summed E-state index contributed by atoms with van der Waals surface area (Å²) in [6, 6.07) is 19.6. The Bertz CT molecular complexity index is 1090. The fourth-order valence-corrected chi connectivity index (χ4v) is 2.62. The summed E-state index contributed by atoms with van der Waals surface area (Å²) in [7, 11) is 0. The fraction of sp³-hybridized carbons (Fsp3) is 0.0455. The Kier molecular flexibility index (Phi) is 7.13. The molecule has 0 aliphatic rings. The minimum atomic E-state index is -0.932. The summed E-state index contributed by atoms with van der Waals surface area (Å²) in [5.41, 5.74) is 3.60. The molecule has 0 saturated carbocycles. The highest BCUT2D eigenvalue weighted by atomic mass is 35.5. The van der Waals surface area contributed by atoms with Crippen molar-refractivity contribution in [3.8, 4) is 5.75 Å². The van der Waals surface area contributed by atoms with Crippen LogP contribution in [0.1, 0.15) is 11.1 Å². The standard InChI is InChI=1S/C22H17ClFN3O3/c23-17-7-4-8-18(12-17)26-21(28)22(29)27-25-13-15-5-3-9-19(11-15)30-14-16-6-1-2-10-20(16)24/h1-13H,14H2,(H,26,28)(H,27,29)/b25-13+. The third kappa shape index (κ3) is 6.15. The molecule has 6 nitrogen and oxygen atoms in total. The molecule has 0 unspecified atom stereocenters. The Labute approximate surface area is 177 Å². The van der Waals surface area contributed by atoms with E-state index < -0.39 is 11.8 Å². The van der Waals surface area contributed by atoms with Crippen LogP contribution in [0.4, 0.5) is 10.1 Å². The minimum Gasteiger partial charge on any atom is -0.489 e. The molecule has 0 spiro atoms. The van der Waals surface area contributed by atoms with Gasteiger partial charge in [-0.3, -0.25) is 9.59 Å². The van der Waals surface area contributed by atoms with E-state index in [4.69, 9.17) is 16.3 Å². The SMILES string of the molecule is O=C(N/N=C/c1cccc(OCc2ccccc2F)c1)C(=O)Nc1cccc(Cl)c1. The number of hydrogen-bond donors (Lipinski definition) is 2. The van der Waals surface area contributed by atoms with Crippen molar-refractivity contribution < 1.29 is 18.7 Å². The van der Waals surface area contributed by atoms with Crippen LogP contribution in [-0.4, -0.2) is 18.0 Å². The molecular formula is C22H17ClFN3O3. The number of nitrogens with one attached hydrogen (secondary N) is 2. The lowest BCUT2D eigenvalue weighted by molar-refractivity contribution is -0.136. The molecule has 0 saturated heterocycles. The Morgan fingerprint density at radius 1 is 1.00 bits per heavy atom. The first-order valence-electron chi connectivity index (χ1n) is 8.87. The lowest BCUT2D eigenvalue weighted by Crippen LogP contribution is -2.32. The summed E-state index contributed by atoms with van der Waals surface area (Å²) in [5.74, 6) is -1.64. The molecule has 0 heterocycles. The van der Waals surface area contributed by atoms with Crippen LogP contribution in [0, 0.1) is 5.82 Å². The molecule has 3 aromatic carbocycles. The number of anilines is 1. The maximum Gasteiger partial charge on any atom is 0.329 e. The summed E-state index contributed by atoms with van der Waals surface area (Å²) in [6.45, 7) is 0.0771. The summed E-state index contributed by atoms with van der Waals surface area (Å²) >= 11 is 5.83. The Hall–Kier alpha value is -3.71. The molecule has 0 fully saturated rings. The van der Waals surface area contributed by atoms with Crippen LogP contribution in [-0.2, 0) is 16.2 Å². The number of nitrogens with zero attached hydrogens (tertiary/aromatic N) is 1. The van der Waals surface area contributed by atoms with Gasteiger partial charge in [-0.05, 0) is 42.0 Å². The van der Waals surface area contributed by atoms with E-state index in [0.29, 0.717) is 27.6 Å². The van der Waals surface area contributed by atoms with Crippen LogP contribution in [0.5, 0.6) is 5.75 Å².